The molecule has 4 nitrogen and oxygen atoms in total. The van der Waals surface area contributed by atoms with Gasteiger partial charge in [0.2, 0.25) is 0 Å². The molecule has 4 heteroatoms. The molecule has 174 valence electrons. The maximum Gasteiger partial charge on any atom is 0.433 e. The van der Waals surface area contributed by atoms with E-state index in [-0.39, 0.29) is 6.61 Å². The lowest BCUT2D eigenvalue weighted by molar-refractivity contribution is 0.148. The van der Waals surface area contributed by atoms with Crippen molar-refractivity contribution in [1.29, 1.82) is 0 Å². The Bertz CT molecular complexity index is 1190. The molecule has 0 unspecified atom stereocenters. The van der Waals surface area contributed by atoms with Crippen molar-refractivity contribution in [2.75, 3.05) is 10.4 Å². The Morgan fingerprint density at radius 1 is 0.765 bits per heavy atom. The molecule has 0 saturated heterocycles. The molecule has 4 rings (SSSR count). The van der Waals surface area contributed by atoms with Gasteiger partial charge in [-0.2, -0.15) is 5.01 Å². The van der Waals surface area contributed by atoms with Gasteiger partial charge in [-0.1, -0.05) is 99.0 Å². The Labute approximate surface area is 202 Å². The van der Waals surface area contributed by atoms with Crippen LogP contribution in [0.25, 0.3) is 10.8 Å². The number of aryl methyl sites for hydroxylation is 1. The first-order chi connectivity index (χ1) is 16.7. The van der Waals surface area contributed by atoms with Gasteiger partial charge < -0.3 is 4.74 Å². The third kappa shape index (κ3) is 6.38. The fourth-order valence-corrected chi connectivity index (χ4v) is 3.96. The van der Waals surface area contributed by atoms with Crippen molar-refractivity contribution < 1.29 is 9.53 Å². The Morgan fingerprint density at radius 2 is 1.50 bits per heavy atom. The summed E-state index contributed by atoms with van der Waals surface area (Å²) in [4.78, 5) is 13.2. The van der Waals surface area contributed by atoms with E-state index >= 15 is 0 Å². The number of amides is 1. The molecule has 0 bridgehead atoms. The highest BCUT2D eigenvalue weighted by molar-refractivity contribution is 5.92. The summed E-state index contributed by atoms with van der Waals surface area (Å²) < 4.78 is 5.65. The molecule has 0 radical (unpaired) electrons. The quantitative estimate of drug-likeness (QED) is 0.195. The van der Waals surface area contributed by atoms with Crippen molar-refractivity contribution >= 4 is 28.2 Å². The van der Waals surface area contributed by atoms with Crippen molar-refractivity contribution in [2.45, 2.75) is 45.6 Å². The van der Waals surface area contributed by atoms with Crippen LogP contribution in [0.1, 0.15) is 43.7 Å². The second-order valence-corrected chi connectivity index (χ2v) is 8.53. The lowest BCUT2D eigenvalue weighted by atomic mass is 10.1. The van der Waals surface area contributed by atoms with Gasteiger partial charge in [0.25, 0.3) is 0 Å². The zero-order valence-corrected chi connectivity index (χ0v) is 19.7. The summed E-state index contributed by atoms with van der Waals surface area (Å²) in [5, 5.41) is 3.74. The molecule has 0 aliphatic carbocycles. The Morgan fingerprint density at radius 3 is 2.26 bits per heavy atom. The minimum Gasteiger partial charge on any atom is -0.443 e. The highest BCUT2D eigenvalue weighted by Crippen LogP contribution is 2.23. The third-order valence-electron chi connectivity index (χ3n) is 5.89. The van der Waals surface area contributed by atoms with Gasteiger partial charge in [0.1, 0.15) is 6.61 Å². The van der Waals surface area contributed by atoms with E-state index in [4.69, 9.17) is 4.74 Å². The first kappa shape index (κ1) is 23.4. The predicted octanol–water partition coefficient (Wildman–Crippen LogP) is 8.13. The van der Waals surface area contributed by atoms with Crippen LogP contribution >= 0.6 is 0 Å². The number of hydrogen-bond donors (Lipinski definition) is 1. The van der Waals surface area contributed by atoms with Crippen LogP contribution in [0.4, 0.5) is 16.2 Å². The van der Waals surface area contributed by atoms with E-state index < -0.39 is 6.09 Å². The Hall–Kier alpha value is -3.79. The largest absolute Gasteiger partial charge is 0.443 e. The molecule has 0 aliphatic rings. The van der Waals surface area contributed by atoms with Crippen LogP contribution in [-0.4, -0.2) is 6.09 Å². The van der Waals surface area contributed by atoms with Gasteiger partial charge in [-0.05, 0) is 59.0 Å². The first-order valence-electron chi connectivity index (χ1n) is 12.1. The summed E-state index contributed by atoms with van der Waals surface area (Å²) in [6.45, 7) is 2.44. The zero-order valence-electron chi connectivity index (χ0n) is 19.7. The number of hydrogen-bond acceptors (Lipinski definition) is 3. The number of nitrogens with zero attached hydrogens (tertiary/aromatic N) is 1. The summed E-state index contributed by atoms with van der Waals surface area (Å²) in [6.07, 6.45) is 5.54. The van der Waals surface area contributed by atoms with E-state index in [1.54, 1.807) is 0 Å². The van der Waals surface area contributed by atoms with Gasteiger partial charge in [0.15, 0.2) is 0 Å². The predicted molar refractivity (Wildman–Crippen MR) is 141 cm³/mol. The van der Waals surface area contributed by atoms with Crippen LogP contribution in [0.15, 0.2) is 97.1 Å². The normalized spacial score (nSPS) is 10.7. The smallest absolute Gasteiger partial charge is 0.433 e. The van der Waals surface area contributed by atoms with Crippen molar-refractivity contribution in [2.24, 2.45) is 0 Å². The monoisotopic (exact) mass is 452 g/mol. The summed E-state index contributed by atoms with van der Waals surface area (Å²) in [5.41, 5.74) is 7.05. The number of unbranched alkanes of at least 4 members (excludes halogenated alkanes) is 3. The van der Waals surface area contributed by atoms with Crippen molar-refractivity contribution in [1.82, 2.24) is 0 Å². The lowest BCUT2D eigenvalue weighted by Crippen LogP contribution is -2.36. The highest BCUT2D eigenvalue weighted by atomic mass is 16.6. The van der Waals surface area contributed by atoms with E-state index in [1.165, 1.54) is 36.3 Å². The third-order valence-corrected chi connectivity index (χ3v) is 5.89. The molecule has 34 heavy (non-hydrogen) atoms. The molecule has 4 aromatic carbocycles. The molecule has 0 atom stereocenters. The van der Waals surface area contributed by atoms with Crippen LogP contribution in [0.5, 0.6) is 0 Å². The molecule has 0 spiro atoms. The van der Waals surface area contributed by atoms with Crippen LogP contribution in [0.3, 0.4) is 0 Å². The van der Waals surface area contributed by atoms with Gasteiger partial charge in [-0.25, -0.2) is 4.79 Å². The fourth-order valence-electron chi connectivity index (χ4n) is 3.96. The minimum atomic E-state index is -0.451. The molecule has 0 saturated carbocycles. The zero-order chi connectivity index (χ0) is 23.6. The molecule has 0 aromatic heterocycles. The lowest BCUT2D eigenvalue weighted by Gasteiger charge is -2.24. The Kier molecular flexibility index (Phi) is 8.18. The summed E-state index contributed by atoms with van der Waals surface area (Å²) in [5.74, 6) is 0. The average molecular weight is 453 g/mol. The van der Waals surface area contributed by atoms with Crippen LogP contribution in [0, 0.1) is 0 Å². The molecular weight excluding hydrogens is 420 g/mol. The molecule has 1 amide bonds. The van der Waals surface area contributed by atoms with Gasteiger partial charge in [0.05, 0.1) is 11.4 Å². The molecule has 0 fully saturated rings. The van der Waals surface area contributed by atoms with Crippen LogP contribution < -0.4 is 10.4 Å². The fraction of sp³-hybridized carbons (Fsp3) is 0.233. The molecule has 0 aliphatic heterocycles. The number of hydrazine groups is 1. The number of benzene rings is 4. The standard InChI is InChI=1S/C30H32N2O2/c1-2-3-4-6-11-24-16-20-29(21-17-24)32(30(33)34-23-25-12-7-5-8-13-25)31-28-19-18-26-14-9-10-15-27(26)22-28/h5,7-10,12-22,31H,2-4,6,11,23H2,1H3. The van der Waals surface area contributed by atoms with Crippen molar-refractivity contribution in [3.05, 3.63) is 108 Å². The maximum atomic E-state index is 13.2. The molecule has 0 heterocycles. The highest BCUT2D eigenvalue weighted by Gasteiger charge is 2.18. The average Bonchev–Trinajstić information content (AvgIpc) is 2.89. The van der Waals surface area contributed by atoms with Crippen molar-refractivity contribution in [3.8, 4) is 0 Å². The van der Waals surface area contributed by atoms with E-state index in [0.717, 1.165) is 34.1 Å². The number of carbonyl (C=O) groups is 1. The van der Waals surface area contributed by atoms with E-state index in [0.29, 0.717) is 0 Å². The molecule has 1 N–H and O–H groups in total. The van der Waals surface area contributed by atoms with Gasteiger partial charge in [-0.15, -0.1) is 0 Å². The summed E-state index contributed by atoms with van der Waals surface area (Å²) in [7, 11) is 0. The van der Waals surface area contributed by atoms with E-state index in [1.807, 2.05) is 72.8 Å². The minimum absolute atomic E-state index is 0.213. The van der Waals surface area contributed by atoms with Crippen LogP contribution in [-0.2, 0) is 17.8 Å². The number of nitrogens with one attached hydrogen (secondary N) is 1. The summed E-state index contributed by atoms with van der Waals surface area (Å²) >= 11 is 0. The van der Waals surface area contributed by atoms with E-state index in [9.17, 15) is 4.79 Å². The SMILES string of the molecule is CCCCCCc1ccc(N(Nc2ccc3ccccc3c2)C(=O)OCc2ccccc2)cc1. The summed E-state index contributed by atoms with van der Waals surface area (Å²) in [6, 6.07) is 32.1. The number of ether oxygens (including phenoxy) is 1. The number of fused-ring (bicyclic) bond motifs is 1. The molecule has 4 aromatic rings. The van der Waals surface area contributed by atoms with Gasteiger partial charge in [-0.3, -0.25) is 5.43 Å². The number of rotatable bonds is 10. The topological polar surface area (TPSA) is 41.6 Å². The van der Waals surface area contributed by atoms with Gasteiger partial charge in [0, 0.05) is 0 Å². The first-order valence-corrected chi connectivity index (χ1v) is 12.1. The number of carbonyl (C=O) groups excluding carboxylic acids is 1. The van der Waals surface area contributed by atoms with Crippen molar-refractivity contribution in [3.63, 3.8) is 0 Å². The maximum absolute atomic E-state index is 13.2. The van der Waals surface area contributed by atoms with Crippen LogP contribution in [0.2, 0.25) is 0 Å². The molecular formula is C30H32N2O2. The van der Waals surface area contributed by atoms with Gasteiger partial charge >= 0.3 is 6.09 Å². The Balaban J connectivity index is 1.52. The second kappa shape index (κ2) is 11.9. The van der Waals surface area contributed by atoms with E-state index in [2.05, 4.69) is 36.6 Å². The second-order valence-electron chi connectivity index (χ2n) is 8.53. The number of anilines is 2.